The minimum atomic E-state index is -0.315. The molecule has 1 aliphatic rings. The first kappa shape index (κ1) is 15.7. The molecule has 1 aromatic heterocycles. The maximum Gasteiger partial charge on any atom is 0.146 e. The Kier molecular flexibility index (Phi) is 4.69. The number of carbonyl (C=O) groups is 1. The van der Waals surface area contributed by atoms with Crippen molar-refractivity contribution in [1.82, 2.24) is 9.78 Å². The zero-order valence-electron chi connectivity index (χ0n) is 12.6. The van der Waals surface area contributed by atoms with Crippen LogP contribution in [0.5, 0.6) is 0 Å². The summed E-state index contributed by atoms with van der Waals surface area (Å²) in [6, 6.07) is 0. The van der Waals surface area contributed by atoms with Crippen molar-refractivity contribution in [2.75, 3.05) is 6.54 Å². The predicted molar refractivity (Wildman–Crippen MR) is 83.5 cm³/mol. The van der Waals surface area contributed by atoms with Gasteiger partial charge in [-0.15, -0.1) is 0 Å². The molecule has 2 N–H and O–H groups in total. The Hall–Kier alpha value is -0.680. The van der Waals surface area contributed by atoms with Gasteiger partial charge in [0.1, 0.15) is 5.78 Å². The SMILES string of the molecule is Cc1nn(C)c(CC(=O)C2(CN)CCC(C)CC2)c1Br. The van der Waals surface area contributed by atoms with Gasteiger partial charge in [0.25, 0.3) is 0 Å². The van der Waals surface area contributed by atoms with E-state index in [4.69, 9.17) is 5.73 Å². The fourth-order valence-electron chi connectivity index (χ4n) is 3.12. The van der Waals surface area contributed by atoms with E-state index in [1.54, 1.807) is 4.68 Å². The Morgan fingerprint density at radius 3 is 2.55 bits per heavy atom. The Balaban J connectivity index is 2.18. The van der Waals surface area contributed by atoms with Gasteiger partial charge in [-0.2, -0.15) is 5.10 Å². The molecule has 0 aliphatic heterocycles. The zero-order chi connectivity index (χ0) is 14.9. The molecule has 1 aliphatic carbocycles. The first-order valence-corrected chi connectivity index (χ1v) is 8.10. The van der Waals surface area contributed by atoms with E-state index in [0.717, 1.165) is 41.5 Å². The molecular weight excluding hydrogens is 318 g/mol. The highest BCUT2D eigenvalue weighted by atomic mass is 79.9. The van der Waals surface area contributed by atoms with E-state index in [-0.39, 0.29) is 11.2 Å². The second kappa shape index (κ2) is 5.98. The van der Waals surface area contributed by atoms with Gasteiger partial charge in [0, 0.05) is 19.0 Å². The molecule has 0 unspecified atom stereocenters. The third kappa shape index (κ3) is 2.84. The number of hydrogen-bond donors (Lipinski definition) is 1. The molecule has 1 fully saturated rings. The predicted octanol–water partition coefficient (Wildman–Crippen LogP) is 2.76. The van der Waals surface area contributed by atoms with Gasteiger partial charge < -0.3 is 5.73 Å². The van der Waals surface area contributed by atoms with E-state index >= 15 is 0 Å². The molecule has 20 heavy (non-hydrogen) atoms. The fourth-order valence-corrected chi connectivity index (χ4v) is 3.60. The Labute approximate surface area is 129 Å². The van der Waals surface area contributed by atoms with E-state index in [9.17, 15) is 4.79 Å². The number of aromatic nitrogens is 2. The lowest BCUT2D eigenvalue weighted by Gasteiger charge is -2.37. The molecule has 0 radical (unpaired) electrons. The zero-order valence-corrected chi connectivity index (χ0v) is 14.2. The van der Waals surface area contributed by atoms with Crippen LogP contribution in [-0.4, -0.2) is 22.1 Å². The van der Waals surface area contributed by atoms with Crippen LogP contribution in [0.4, 0.5) is 0 Å². The van der Waals surface area contributed by atoms with Gasteiger partial charge in [-0.05, 0) is 54.5 Å². The molecule has 0 spiro atoms. The van der Waals surface area contributed by atoms with Crippen molar-refractivity contribution in [2.45, 2.75) is 46.0 Å². The van der Waals surface area contributed by atoms with Crippen LogP contribution in [0.2, 0.25) is 0 Å². The monoisotopic (exact) mass is 341 g/mol. The van der Waals surface area contributed by atoms with Crippen LogP contribution in [0.1, 0.15) is 44.0 Å². The van der Waals surface area contributed by atoms with Crippen LogP contribution in [-0.2, 0) is 18.3 Å². The number of hydrogen-bond acceptors (Lipinski definition) is 3. The number of carbonyl (C=O) groups excluding carboxylic acids is 1. The highest BCUT2D eigenvalue weighted by Crippen LogP contribution is 2.40. The molecular formula is C15H24BrN3O. The van der Waals surface area contributed by atoms with Crippen LogP contribution < -0.4 is 5.73 Å². The van der Waals surface area contributed by atoms with Gasteiger partial charge in [-0.3, -0.25) is 9.48 Å². The first-order chi connectivity index (χ1) is 9.39. The average Bonchev–Trinajstić information content (AvgIpc) is 2.66. The van der Waals surface area contributed by atoms with Gasteiger partial charge in [0.2, 0.25) is 0 Å². The van der Waals surface area contributed by atoms with E-state index in [2.05, 4.69) is 28.0 Å². The van der Waals surface area contributed by atoms with Gasteiger partial charge in [0.15, 0.2) is 0 Å². The molecule has 4 nitrogen and oxygen atoms in total. The highest BCUT2D eigenvalue weighted by molar-refractivity contribution is 9.10. The fraction of sp³-hybridized carbons (Fsp3) is 0.733. The third-order valence-electron chi connectivity index (χ3n) is 4.80. The lowest BCUT2D eigenvalue weighted by atomic mass is 9.67. The maximum atomic E-state index is 12.8. The van der Waals surface area contributed by atoms with Gasteiger partial charge in [0.05, 0.1) is 22.3 Å². The number of ketones is 1. The van der Waals surface area contributed by atoms with Crippen molar-refractivity contribution < 1.29 is 4.79 Å². The lowest BCUT2D eigenvalue weighted by Crippen LogP contribution is -2.42. The van der Waals surface area contributed by atoms with Crippen molar-refractivity contribution in [3.8, 4) is 0 Å². The topological polar surface area (TPSA) is 60.9 Å². The standard InChI is InChI=1S/C15H24BrN3O/c1-10-4-6-15(9-17,7-5-10)13(20)8-12-14(16)11(2)18-19(12)3/h10H,4-9,17H2,1-3H3. The number of Topliss-reactive ketones (excluding diaryl/α,β-unsaturated/α-hetero) is 1. The smallest absolute Gasteiger partial charge is 0.146 e. The molecule has 0 atom stereocenters. The summed E-state index contributed by atoms with van der Waals surface area (Å²) in [6.45, 7) is 4.66. The number of nitrogens with two attached hydrogens (primary N) is 1. The molecule has 2 rings (SSSR count). The molecule has 0 saturated heterocycles. The summed E-state index contributed by atoms with van der Waals surface area (Å²) < 4.78 is 2.75. The Morgan fingerprint density at radius 2 is 2.10 bits per heavy atom. The van der Waals surface area contributed by atoms with Crippen molar-refractivity contribution in [1.29, 1.82) is 0 Å². The Morgan fingerprint density at radius 1 is 1.50 bits per heavy atom. The number of halogens is 1. The number of rotatable bonds is 4. The van der Waals surface area contributed by atoms with Crippen LogP contribution in [0, 0.1) is 18.3 Å². The third-order valence-corrected chi connectivity index (χ3v) is 5.83. The van der Waals surface area contributed by atoms with Crippen LogP contribution in [0.3, 0.4) is 0 Å². The summed E-state index contributed by atoms with van der Waals surface area (Å²) in [5.41, 5.74) is 7.53. The van der Waals surface area contributed by atoms with Gasteiger partial charge in [-0.1, -0.05) is 6.92 Å². The molecule has 5 heteroatoms. The summed E-state index contributed by atoms with van der Waals surface area (Å²) in [5, 5.41) is 4.36. The second-order valence-electron chi connectivity index (χ2n) is 6.24. The van der Waals surface area contributed by atoms with E-state index in [1.165, 1.54) is 0 Å². The quantitative estimate of drug-likeness (QED) is 0.915. The minimum Gasteiger partial charge on any atom is -0.329 e. The summed E-state index contributed by atoms with van der Waals surface area (Å²) >= 11 is 3.54. The number of nitrogens with zero attached hydrogens (tertiary/aromatic N) is 2. The molecule has 1 aromatic rings. The largest absolute Gasteiger partial charge is 0.329 e. The second-order valence-corrected chi connectivity index (χ2v) is 7.03. The van der Waals surface area contributed by atoms with E-state index in [0.29, 0.717) is 18.9 Å². The number of aryl methyl sites for hydroxylation is 2. The molecule has 112 valence electrons. The van der Waals surface area contributed by atoms with E-state index < -0.39 is 0 Å². The first-order valence-electron chi connectivity index (χ1n) is 7.31. The highest BCUT2D eigenvalue weighted by Gasteiger charge is 2.39. The summed E-state index contributed by atoms with van der Waals surface area (Å²) in [4.78, 5) is 12.8. The normalized spacial score (nSPS) is 26.8. The molecule has 1 saturated carbocycles. The summed E-state index contributed by atoms with van der Waals surface area (Å²) in [5.74, 6) is 0.990. The maximum absolute atomic E-state index is 12.8. The van der Waals surface area contributed by atoms with Crippen molar-refractivity contribution in [3.63, 3.8) is 0 Å². The summed E-state index contributed by atoms with van der Waals surface area (Å²) in [7, 11) is 1.89. The molecule has 0 bridgehead atoms. The molecule has 1 heterocycles. The van der Waals surface area contributed by atoms with Crippen molar-refractivity contribution >= 4 is 21.7 Å². The van der Waals surface area contributed by atoms with Crippen molar-refractivity contribution in [2.24, 2.45) is 24.1 Å². The van der Waals surface area contributed by atoms with Crippen molar-refractivity contribution in [3.05, 3.63) is 15.9 Å². The van der Waals surface area contributed by atoms with Crippen LogP contribution in [0.25, 0.3) is 0 Å². The van der Waals surface area contributed by atoms with Crippen LogP contribution in [0.15, 0.2) is 4.47 Å². The minimum absolute atomic E-state index is 0.274. The van der Waals surface area contributed by atoms with E-state index in [1.807, 2.05) is 14.0 Å². The Bertz CT molecular complexity index is 501. The lowest BCUT2D eigenvalue weighted by molar-refractivity contribution is -0.129. The van der Waals surface area contributed by atoms with Crippen LogP contribution >= 0.6 is 15.9 Å². The molecule has 0 aromatic carbocycles. The van der Waals surface area contributed by atoms with Gasteiger partial charge in [-0.25, -0.2) is 0 Å². The van der Waals surface area contributed by atoms with Gasteiger partial charge >= 0.3 is 0 Å². The average molecular weight is 342 g/mol. The molecule has 0 amide bonds. The summed E-state index contributed by atoms with van der Waals surface area (Å²) in [6.07, 6.45) is 4.49.